The quantitative estimate of drug-likeness (QED) is 0.735. The van der Waals surface area contributed by atoms with Crippen LogP contribution in [0.15, 0.2) is 40.6 Å². The van der Waals surface area contributed by atoms with Crippen molar-refractivity contribution in [2.45, 2.75) is 47.9 Å². The van der Waals surface area contributed by atoms with Crippen molar-refractivity contribution in [2.75, 3.05) is 5.32 Å². The molecule has 0 aliphatic rings. The Bertz CT molecular complexity index is 676. The molecular formula is C15H18F2N4OS2. The number of amides is 1. The molecule has 9 heteroatoms. The molecule has 1 N–H and O–H groups in total. The molecule has 1 amide bonds. The number of hydrogen-bond donors (Lipinski definition) is 1. The molecule has 1 aromatic carbocycles. The van der Waals surface area contributed by atoms with E-state index in [2.05, 4.69) is 15.5 Å². The maximum absolute atomic E-state index is 12.3. The molecule has 0 bridgehead atoms. The van der Waals surface area contributed by atoms with Gasteiger partial charge in [0.15, 0.2) is 5.16 Å². The zero-order chi connectivity index (χ0) is 17.7. The van der Waals surface area contributed by atoms with Crippen molar-refractivity contribution in [3.63, 3.8) is 0 Å². The average molecular weight is 372 g/mol. The van der Waals surface area contributed by atoms with Crippen LogP contribution in [0, 0.1) is 0 Å². The van der Waals surface area contributed by atoms with Gasteiger partial charge < -0.3 is 9.88 Å². The summed E-state index contributed by atoms with van der Waals surface area (Å²) in [6.07, 6.45) is 1.64. The van der Waals surface area contributed by atoms with Crippen molar-refractivity contribution in [3.05, 3.63) is 30.6 Å². The normalized spacial score (nSPS) is 12.6. The monoisotopic (exact) mass is 372 g/mol. The van der Waals surface area contributed by atoms with E-state index in [0.29, 0.717) is 27.5 Å². The standard InChI is InChI=1S/C15H18F2N4OS2/c1-9(2)21-8-18-20-15(21)23-10(3)13(22)19-11-4-6-12(7-5-11)24-14(16)17/h4-10,14H,1-3H3,(H,19,22)/t10-/m0/s1. The minimum Gasteiger partial charge on any atom is -0.325 e. The molecule has 5 nitrogen and oxygen atoms in total. The number of anilines is 1. The Labute approximate surface area is 147 Å². The van der Waals surface area contributed by atoms with Crippen molar-refractivity contribution in [3.8, 4) is 0 Å². The van der Waals surface area contributed by atoms with Crippen LogP contribution in [-0.4, -0.2) is 31.7 Å². The number of aromatic nitrogens is 3. The summed E-state index contributed by atoms with van der Waals surface area (Å²) in [6, 6.07) is 6.53. The zero-order valence-electron chi connectivity index (χ0n) is 13.4. The molecule has 1 atom stereocenters. The van der Waals surface area contributed by atoms with Gasteiger partial charge >= 0.3 is 0 Å². The molecule has 0 saturated carbocycles. The number of nitrogens with zero attached hydrogens (tertiary/aromatic N) is 3. The number of thioether (sulfide) groups is 2. The van der Waals surface area contributed by atoms with Gasteiger partial charge in [0.1, 0.15) is 6.33 Å². The van der Waals surface area contributed by atoms with Gasteiger partial charge in [0.05, 0.1) is 5.25 Å². The minimum atomic E-state index is -2.46. The summed E-state index contributed by atoms with van der Waals surface area (Å²) >= 11 is 1.79. The van der Waals surface area contributed by atoms with Crippen molar-refractivity contribution in [1.29, 1.82) is 0 Å². The number of alkyl halides is 2. The molecule has 2 aromatic rings. The maximum Gasteiger partial charge on any atom is 0.288 e. The molecule has 0 aliphatic carbocycles. The smallest absolute Gasteiger partial charge is 0.288 e. The molecule has 0 unspecified atom stereocenters. The highest BCUT2D eigenvalue weighted by Gasteiger charge is 2.19. The van der Waals surface area contributed by atoms with E-state index in [9.17, 15) is 13.6 Å². The molecule has 0 aliphatic heterocycles. The number of hydrogen-bond acceptors (Lipinski definition) is 5. The third kappa shape index (κ3) is 5.20. The van der Waals surface area contributed by atoms with Gasteiger partial charge in [-0.3, -0.25) is 4.79 Å². The van der Waals surface area contributed by atoms with Crippen LogP contribution in [0.2, 0.25) is 0 Å². The minimum absolute atomic E-state index is 0.187. The van der Waals surface area contributed by atoms with Gasteiger partial charge in [0, 0.05) is 16.6 Å². The Morgan fingerprint density at radius 2 is 1.83 bits per heavy atom. The van der Waals surface area contributed by atoms with Crippen molar-refractivity contribution >= 4 is 35.1 Å². The Kier molecular flexibility index (Phi) is 6.61. The molecule has 24 heavy (non-hydrogen) atoms. The maximum atomic E-state index is 12.3. The highest BCUT2D eigenvalue weighted by Crippen LogP contribution is 2.27. The fourth-order valence-electron chi connectivity index (χ4n) is 1.85. The summed E-state index contributed by atoms with van der Waals surface area (Å²) in [5.74, 6) is -2.65. The van der Waals surface area contributed by atoms with E-state index in [4.69, 9.17) is 0 Å². The van der Waals surface area contributed by atoms with Crippen molar-refractivity contribution in [1.82, 2.24) is 14.8 Å². The fourth-order valence-corrected chi connectivity index (χ4v) is 3.30. The van der Waals surface area contributed by atoms with E-state index in [1.165, 1.54) is 11.8 Å². The number of halogens is 2. The zero-order valence-corrected chi connectivity index (χ0v) is 15.1. The Morgan fingerprint density at radius 3 is 2.42 bits per heavy atom. The molecule has 0 spiro atoms. The number of carbonyl (C=O) groups excluding carboxylic acids is 1. The van der Waals surface area contributed by atoms with Crippen LogP contribution < -0.4 is 5.32 Å². The lowest BCUT2D eigenvalue weighted by Crippen LogP contribution is -2.23. The van der Waals surface area contributed by atoms with Gasteiger partial charge in [-0.15, -0.1) is 10.2 Å². The van der Waals surface area contributed by atoms with Crippen LogP contribution in [0.4, 0.5) is 14.5 Å². The van der Waals surface area contributed by atoms with E-state index in [1.54, 1.807) is 37.5 Å². The Morgan fingerprint density at radius 1 is 1.17 bits per heavy atom. The fraction of sp³-hybridized carbons (Fsp3) is 0.400. The molecular weight excluding hydrogens is 354 g/mol. The van der Waals surface area contributed by atoms with Crippen LogP contribution in [0.1, 0.15) is 26.8 Å². The second-order valence-electron chi connectivity index (χ2n) is 5.27. The first-order valence-corrected chi connectivity index (χ1v) is 9.04. The summed E-state index contributed by atoms with van der Waals surface area (Å²) in [5.41, 5.74) is 0.566. The van der Waals surface area contributed by atoms with Crippen LogP contribution in [-0.2, 0) is 4.79 Å². The Hall–Kier alpha value is -1.61. The summed E-state index contributed by atoms with van der Waals surface area (Å²) in [7, 11) is 0. The number of rotatable bonds is 7. The van der Waals surface area contributed by atoms with Crippen LogP contribution in [0.25, 0.3) is 0 Å². The molecule has 0 radical (unpaired) electrons. The van der Waals surface area contributed by atoms with E-state index in [0.717, 1.165) is 0 Å². The lowest BCUT2D eigenvalue weighted by atomic mass is 10.3. The highest BCUT2D eigenvalue weighted by molar-refractivity contribution is 8.00. The van der Waals surface area contributed by atoms with Crippen molar-refractivity contribution < 1.29 is 13.6 Å². The molecule has 1 aromatic heterocycles. The molecule has 2 rings (SSSR count). The first-order valence-electron chi connectivity index (χ1n) is 7.28. The summed E-state index contributed by atoms with van der Waals surface area (Å²) < 4.78 is 26.5. The summed E-state index contributed by atoms with van der Waals surface area (Å²) in [4.78, 5) is 12.7. The van der Waals surface area contributed by atoms with Gasteiger partial charge in [-0.2, -0.15) is 8.78 Å². The predicted molar refractivity (Wildman–Crippen MR) is 92.7 cm³/mol. The lowest BCUT2D eigenvalue weighted by Gasteiger charge is -2.14. The third-order valence-corrected chi connectivity index (χ3v) is 4.89. The van der Waals surface area contributed by atoms with Gasteiger partial charge in [-0.05, 0) is 45.0 Å². The average Bonchev–Trinajstić information content (AvgIpc) is 2.97. The van der Waals surface area contributed by atoms with E-state index in [-0.39, 0.29) is 17.2 Å². The first kappa shape index (κ1) is 18.7. The van der Waals surface area contributed by atoms with E-state index >= 15 is 0 Å². The number of nitrogens with one attached hydrogen (secondary N) is 1. The number of carbonyl (C=O) groups is 1. The van der Waals surface area contributed by atoms with Gasteiger partial charge in [0.2, 0.25) is 5.91 Å². The van der Waals surface area contributed by atoms with Gasteiger partial charge in [-0.25, -0.2) is 0 Å². The van der Waals surface area contributed by atoms with Crippen LogP contribution in [0.3, 0.4) is 0 Å². The third-order valence-electron chi connectivity index (χ3n) is 3.09. The predicted octanol–water partition coefficient (Wildman–Crippen LogP) is 4.29. The molecule has 1 heterocycles. The second-order valence-corrected chi connectivity index (χ2v) is 7.64. The first-order chi connectivity index (χ1) is 11.4. The summed E-state index contributed by atoms with van der Waals surface area (Å²) in [6.45, 7) is 5.80. The second kappa shape index (κ2) is 8.48. The SMILES string of the molecule is CC(C)n1cnnc1S[C@@H](C)C(=O)Nc1ccc(SC(F)F)cc1. The highest BCUT2D eigenvalue weighted by atomic mass is 32.2. The van der Waals surface area contributed by atoms with Crippen LogP contribution in [0.5, 0.6) is 0 Å². The lowest BCUT2D eigenvalue weighted by molar-refractivity contribution is -0.115. The molecule has 0 fully saturated rings. The molecule has 130 valence electrons. The van der Waals surface area contributed by atoms with Gasteiger partial charge in [-0.1, -0.05) is 23.5 Å². The van der Waals surface area contributed by atoms with Gasteiger partial charge in [0.25, 0.3) is 5.76 Å². The molecule has 0 saturated heterocycles. The summed E-state index contributed by atoms with van der Waals surface area (Å²) in [5, 5.41) is 11.0. The van der Waals surface area contributed by atoms with Crippen LogP contribution >= 0.6 is 23.5 Å². The number of benzene rings is 1. The van der Waals surface area contributed by atoms with Crippen molar-refractivity contribution in [2.24, 2.45) is 0 Å². The van der Waals surface area contributed by atoms with E-state index in [1.807, 2.05) is 18.4 Å². The Balaban J connectivity index is 1.95. The topological polar surface area (TPSA) is 59.8 Å². The van der Waals surface area contributed by atoms with E-state index < -0.39 is 5.76 Å². The largest absolute Gasteiger partial charge is 0.325 e.